The Labute approximate surface area is 170 Å². The number of aryl methyl sites for hydroxylation is 2. The molecule has 150 valence electrons. The molecule has 0 spiro atoms. The molecule has 0 atom stereocenters. The molecular formula is C23H24N2O4. The Bertz CT molecular complexity index is 1010. The van der Waals surface area contributed by atoms with Gasteiger partial charge in [-0.3, -0.25) is 9.59 Å². The number of rotatable bonds is 4. The zero-order valence-corrected chi connectivity index (χ0v) is 16.9. The molecule has 6 heteroatoms. The number of amides is 2. The van der Waals surface area contributed by atoms with Crippen LogP contribution in [0, 0.1) is 13.8 Å². The molecule has 0 radical (unpaired) electrons. The van der Waals surface area contributed by atoms with Gasteiger partial charge in [0.2, 0.25) is 0 Å². The summed E-state index contributed by atoms with van der Waals surface area (Å²) in [7, 11) is 1.57. The van der Waals surface area contributed by atoms with Gasteiger partial charge in [0, 0.05) is 18.7 Å². The highest BCUT2D eigenvalue weighted by Gasteiger charge is 2.44. The lowest BCUT2D eigenvalue weighted by Gasteiger charge is -2.30. The quantitative estimate of drug-likeness (QED) is 0.749. The van der Waals surface area contributed by atoms with E-state index in [2.05, 4.69) is 0 Å². The van der Waals surface area contributed by atoms with E-state index in [9.17, 15) is 9.59 Å². The van der Waals surface area contributed by atoms with Gasteiger partial charge in [0.1, 0.15) is 11.4 Å². The molecule has 0 aliphatic carbocycles. The topological polar surface area (TPSA) is 59.1 Å². The van der Waals surface area contributed by atoms with E-state index in [4.69, 9.17) is 9.47 Å². The molecule has 29 heavy (non-hydrogen) atoms. The maximum Gasteiger partial charge on any atom is 0.282 e. The summed E-state index contributed by atoms with van der Waals surface area (Å²) in [6.45, 7) is 6.07. The van der Waals surface area contributed by atoms with E-state index in [1.54, 1.807) is 13.2 Å². The second-order valence-corrected chi connectivity index (χ2v) is 7.26. The van der Waals surface area contributed by atoms with Crippen LogP contribution in [0.3, 0.4) is 0 Å². The summed E-state index contributed by atoms with van der Waals surface area (Å²) in [6, 6.07) is 13.0. The minimum Gasteiger partial charge on any atom is -0.496 e. The number of para-hydroxylation sites is 1. The molecular weight excluding hydrogens is 368 g/mol. The van der Waals surface area contributed by atoms with Crippen molar-refractivity contribution in [1.29, 1.82) is 0 Å². The van der Waals surface area contributed by atoms with Crippen molar-refractivity contribution in [2.75, 3.05) is 38.3 Å². The van der Waals surface area contributed by atoms with E-state index in [0.717, 1.165) is 11.1 Å². The first-order valence-corrected chi connectivity index (χ1v) is 9.69. The number of ether oxygens (including phenoxy) is 2. The average molecular weight is 392 g/mol. The van der Waals surface area contributed by atoms with Crippen LogP contribution in [0.4, 0.5) is 5.69 Å². The predicted molar refractivity (Wildman–Crippen MR) is 111 cm³/mol. The first-order chi connectivity index (χ1) is 14.0. The number of methoxy groups -OCH3 is 1. The molecule has 0 N–H and O–H groups in total. The third kappa shape index (κ3) is 3.29. The molecule has 2 aliphatic rings. The highest BCUT2D eigenvalue weighted by Crippen LogP contribution is 2.39. The minimum atomic E-state index is -0.326. The summed E-state index contributed by atoms with van der Waals surface area (Å²) in [5, 5.41) is 0. The lowest BCUT2D eigenvalue weighted by molar-refractivity contribution is -0.121. The van der Waals surface area contributed by atoms with Crippen molar-refractivity contribution in [2.45, 2.75) is 13.8 Å². The van der Waals surface area contributed by atoms with Crippen LogP contribution in [0.1, 0.15) is 16.7 Å². The fourth-order valence-corrected chi connectivity index (χ4v) is 3.97. The number of nitrogens with zero attached hydrogens (tertiary/aromatic N) is 2. The molecule has 6 nitrogen and oxygen atoms in total. The normalized spacial score (nSPS) is 17.3. The maximum absolute atomic E-state index is 13.6. The van der Waals surface area contributed by atoms with Gasteiger partial charge in [-0.1, -0.05) is 35.9 Å². The van der Waals surface area contributed by atoms with Gasteiger partial charge in [0.25, 0.3) is 11.8 Å². The third-order valence-corrected chi connectivity index (χ3v) is 5.36. The number of imide groups is 1. The van der Waals surface area contributed by atoms with Crippen LogP contribution in [0.25, 0.3) is 5.57 Å². The van der Waals surface area contributed by atoms with Crippen LogP contribution in [0.2, 0.25) is 0 Å². The number of carbonyl (C=O) groups is 2. The van der Waals surface area contributed by atoms with E-state index in [1.165, 1.54) is 4.90 Å². The maximum atomic E-state index is 13.6. The fraction of sp³-hybridized carbons (Fsp3) is 0.304. The number of hydrogen-bond acceptors (Lipinski definition) is 5. The summed E-state index contributed by atoms with van der Waals surface area (Å²) >= 11 is 0. The number of morpholine rings is 1. The fourth-order valence-electron chi connectivity index (χ4n) is 3.97. The third-order valence-electron chi connectivity index (χ3n) is 5.36. The van der Waals surface area contributed by atoms with Gasteiger partial charge in [-0.2, -0.15) is 0 Å². The van der Waals surface area contributed by atoms with Crippen LogP contribution in [0.5, 0.6) is 5.75 Å². The van der Waals surface area contributed by atoms with E-state index in [0.29, 0.717) is 54.6 Å². The van der Waals surface area contributed by atoms with Gasteiger partial charge < -0.3 is 14.4 Å². The lowest BCUT2D eigenvalue weighted by atomic mass is 10.0. The molecule has 4 rings (SSSR count). The highest BCUT2D eigenvalue weighted by atomic mass is 16.5. The van der Waals surface area contributed by atoms with Crippen molar-refractivity contribution < 1.29 is 19.1 Å². The Morgan fingerprint density at radius 2 is 1.69 bits per heavy atom. The number of anilines is 1. The zero-order chi connectivity index (χ0) is 20.5. The van der Waals surface area contributed by atoms with E-state index in [-0.39, 0.29) is 11.8 Å². The zero-order valence-electron chi connectivity index (χ0n) is 16.9. The van der Waals surface area contributed by atoms with Gasteiger partial charge >= 0.3 is 0 Å². The summed E-state index contributed by atoms with van der Waals surface area (Å²) in [6.07, 6.45) is 0. The highest BCUT2D eigenvalue weighted by molar-refractivity contribution is 6.45. The smallest absolute Gasteiger partial charge is 0.282 e. The van der Waals surface area contributed by atoms with Crippen molar-refractivity contribution in [3.63, 3.8) is 0 Å². The summed E-state index contributed by atoms with van der Waals surface area (Å²) in [4.78, 5) is 30.4. The van der Waals surface area contributed by atoms with E-state index >= 15 is 0 Å². The Kier molecular flexibility index (Phi) is 5.11. The van der Waals surface area contributed by atoms with Crippen molar-refractivity contribution in [2.24, 2.45) is 0 Å². The standard InChI is InChI=1S/C23H24N2O4/c1-15-8-9-18(16(2)14-15)25-22(26)20(17-6-4-5-7-19(17)28-3)21(23(25)27)24-10-12-29-13-11-24/h4-9,14H,10-13H2,1-3H3. The first kappa shape index (κ1) is 19.2. The predicted octanol–water partition coefficient (Wildman–Crippen LogP) is 2.93. The van der Waals surface area contributed by atoms with Crippen molar-refractivity contribution in [3.8, 4) is 5.75 Å². The van der Waals surface area contributed by atoms with Crippen LogP contribution >= 0.6 is 0 Å². The van der Waals surface area contributed by atoms with Crippen LogP contribution < -0.4 is 9.64 Å². The molecule has 2 aromatic carbocycles. The average Bonchev–Trinajstić information content (AvgIpc) is 2.99. The Balaban J connectivity index is 1.88. The van der Waals surface area contributed by atoms with Gasteiger partial charge in [0.15, 0.2) is 0 Å². The molecule has 0 saturated carbocycles. The van der Waals surface area contributed by atoms with E-state index < -0.39 is 0 Å². The molecule has 2 heterocycles. The second-order valence-electron chi connectivity index (χ2n) is 7.26. The first-order valence-electron chi connectivity index (χ1n) is 9.69. The number of hydrogen-bond donors (Lipinski definition) is 0. The van der Waals surface area contributed by atoms with E-state index in [1.807, 2.05) is 55.1 Å². The molecule has 0 aromatic heterocycles. The second kappa shape index (κ2) is 7.72. The SMILES string of the molecule is COc1ccccc1C1=C(N2CCOCC2)C(=O)N(c2ccc(C)cc2C)C1=O. The van der Waals surface area contributed by atoms with Crippen molar-refractivity contribution in [1.82, 2.24) is 4.90 Å². The number of carbonyl (C=O) groups excluding carboxylic acids is 2. The molecule has 1 saturated heterocycles. The summed E-state index contributed by atoms with van der Waals surface area (Å²) < 4.78 is 11.0. The van der Waals surface area contributed by atoms with Crippen LogP contribution in [0.15, 0.2) is 48.2 Å². The monoisotopic (exact) mass is 392 g/mol. The Morgan fingerprint density at radius 3 is 2.38 bits per heavy atom. The van der Waals surface area contributed by atoms with Crippen LogP contribution in [-0.4, -0.2) is 50.1 Å². The largest absolute Gasteiger partial charge is 0.496 e. The molecule has 2 aromatic rings. The molecule has 0 bridgehead atoms. The van der Waals surface area contributed by atoms with Crippen molar-refractivity contribution in [3.05, 3.63) is 64.9 Å². The Morgan fingerprint density at radius 1 is 0.966 bits per heavy atom. The summed E-state index contributed by atoms with van der Waals surface area (Å²) in [5.74, 6) is -0.0606. The summed E-state index contributed by atoms with van der Waals surface area (Å²) in [5.41, 5.74) is 4.01. The Hall–Kier alpha value is -3.12. The molecule has 1 fully saturated rings. The molecule has 2 aliphatic heterocycles. The van der Waals surface area contributed by atoms with Crippen molar-refractivity contribution >= 4 is 23.1 Å². The van der Waals surface area contributed by atoms with Gasteiger partial charge in [0.05, 0.1) is 31.6 Å². The molecule has 2 amide bonds. The van der Waals surface area contributed by atoms with Gasteiger partial charge in [-0.25, -0.2) is 4.90 Å². The lowest BCUT2D eigenvalue weighted by Crippen LogP contribution is -2.40. The van der Waals surface area contributed by atoms with Gasteiger partial charge in [-0.15, -0.1) is 0 Å². The van der Waals surface area contributed by atoms with Gasteiger partial charge in [-0.05, 0) is 31.5 Å². The van der Waals surface area contributed by atoms with Crippen LogP contribution in [-0.2, 0) is 14.3 Å². The number of benzene rings is 2. The molecule has 0 unspecified atom stereocenters. The minimum absolute atomic E-state index is 0.301.